The second-order valence-electron chi connectivity index (χ2n) is 5.37. The van der Waals surface area contributed by atoms with Crippen LogP contribution in [-0.2, 0) is 5.41 Å². The van der Waals surface area contributed by atoms with Crippen molar-refractivity contribution in [3.63, 3.8) is 0 Å². The highest BCUT2D eigenvalue weighted by Gasteiger charge is 2.23. The van der Waals surface area contributed by atoms with Crippen molar-refractivity contribution in [1.29, 1.82) is 0 Å². The smallest absolute Gasteiger partial charge is 0.168 e. The summed E-state index contributed by atoms with van der Waals surface area (Å²) in [5, 5.41) is 4.10. The second kappa shape index (κ2) is 3.68. The van der Waals surface area contributed by atoms with Crippen LogP contribution in [0.3, 0.4) is 0 Å². The predicted octanol–water partition coefficient (Wildman–Crippen LogP) is 2.23. The van der Waals surface area contributed by atoms with Crippen LogP contribution in [0.1, 0.15) is 26.3 Å². The van der Waals surface area contributed by atoms with Crippen molar-refractivity contribution in [2.24, 2.45) is 0 Å². The Bertz CT molecular complexity index is 551. The number of pyridine rings is 1. The van der Waals surface area contributed by atoms with Gasteiger partial charge in [0.2, 0.25) is 0 Å². The van der Waals surface area contributed by atoms with E-state index in [0.29, 0.717) is 11.5 Å². The van der Waals surface area contributed by atoms with Crippen molar-refractivity contribution in [2.45, 2.75) is 26.2 Å². The number of anilines is 1. The molecule has 0 unspecified atom stereocenters. The standard InChI is InChI=1S/C12H17FN4/c1-12(2,3)8-6-9(13)11(16(4)5)17-10(8)14-7-15-17/h6-7H,1-5H3. The monoisotopic (exact) mass is 236 g/mol. The number of hydrogen-bond donors (Lipinski definition) is 0. The average Bonchev–Trinajstić information content (AvgIpc) is 2.61. The summed E-state index contributed by atoms with van der Waals surface area (Å²) in [4.78, 5) is 5.93. The van der Waals surface area contributed by atoms with Gasteiger partial charge in [0, 0.05) is 19.7 Å². The summed E-state index contributed by atoms with van der Waals surface area (Å²) in [7, 11) is 3.58. The van der Waals surface area contributed by atoms with Gasteiger partial charge in [0.05, 0.1) is 0 Å². The maximum absolute atomic E-state index is 14.1. The molecule has 0 amide bonds. The van der Waals surface area contributed by atoms with Crippen LogP contribution in [0.4, 0.5) is 10.2 Å². The fraction of sp³-hybridized carbons (Fsp3) is 0.500. The van der Waals surface area contributed by atoms with Crippen LogP contribution in [0.5, 0.6) is 0 Å². The lowest BCUT2D eigenvalue weighted by molar-refractivity contribution is 0.565. The summed E-state index contributed by atoms with van der Waals surface area (Å²) in [5.74, 6) is 0.142. The van der Waals surface area contributed by atoms with Gasteiger partial charge in [-0.1, -0.05) is 20.8 Å². The Morgan fingerprint density at radius 3 is 2.47 bits per heavy atom. The van der Waals surface area contributed by atoms with Crippen LogP contribution in [0.2, 0.25) is 0 Å². The Morgan fingerprint density at radius 2 is 1.94 bits per heavy atom. The van der Waals surface area contributed by atoms with E-state index in [1.807, 2.05) is 20.8 Å². The Kier molecular flexibility index (Phi) is 2.56. The third kappa shape index (κ3) is 1.85. The molecule has 0 N–H and O–H groups in total. The fourth-order valence-corrected chi connectivity index (χ4v) is 1.89. The van der Waals surface area contributed by atoms with Crippen molar-refractivity contribution >= 4 is 11.5 Å². The minimum atomic E-state index is -0.280. The molecule has 0 aliphatic rings. The number of rotatable bonds is 1. The predicted molar refractivity (Wildman–Crippen MR) is 66.0 cm³/mol. The third-order valence-electron chi connectivity index (χ3n) is 2.71. The first-order valence-corrected chi connectivity index (χ1v) is 5.52. The van der Waals surface area contributed by atoms with E-state index in [9.17, 15) is 4.39 Å². The molecule has 2 rings (SSSR count). The van der Waals surface area contributed by atoms with Gasteiger partial charge in [-0.15, -0.1) is 0 Å². The van der Waals surface area contributed by atoms with Gasteiger partial charge in [0.25, 0.3) is 0 Å². The van der Waals surface area contributed by atoms with Gasteiger partial charge in [0.15, 0.2) is 17.3 Å². The van der Waals surface area contributed by atoms with Crippen molar-refractivity contribution in [3.05, 3.63) is 23.8 Å². The Labute approximate surface area is 100 Å². The van der Waals surface area contributed by atoms with Crippen molar-refractivity contribution < 1.29 is 4.39 Å². The van der Waals surface area contributed by atoms with Crippen LogP contribution >= 0.6 is 0 Å². The first kappa shape index (κ1) is 11.8. The molecule has 2 aromatic rings. The number of hydrogen-bond acceptors (Lipinski definition) is 3. The molecule has 0 aliphatic carbocycles. The van der Waals surface area contributed by atoms with E-state index in [1.165, 1.54) is 6.33 Å². The summed E-state index contributed by atoms with van der Waals surface area (Å²) < 4.78 is 15.7. The number of fused-ring (bicyclic) bond motifs is 1. The lowest BCUT2D eigenvalue weighted by Gasteiger charge is -2.22. The summed E-state index contributed by atoms with van der Waals surface area (Å²) in [6.07, 6.45) is 1.46. The molecule has 17 heavy (non-hydrogen) atoms. The third-order valence-corrected chi connectivity index (χ3v) is 2.71. The van der Waals surface area contributed by atoms with E-state index in [1.54, 1.807) is 29.6 Å². The van der Waals surface area contributed by atoms with E-state index < -0.39 is 0 Å². The molecule has 5 heteroatoms. The number of halogens is 1. The maximum atomic E-state index is 14.1. The highest BCUT2D eigenvalue weighted by molar-refractivity contribution is 5.58. The van der Waals surface area contributed by atoms with Gasteiger partial charge in [-0.05, 0) is 11.5 Å². The molecule has 92 valence electrons. The van der Waals surface area contributed by atoms with Crippen molar-refractivity contribution in [1.82, 2.24) is 14.6 Å². The summed E-state index contributed by atoms with van der Waals surface area (Å²) in [6, 6.07) is 1.55. The van der Waals surface area contributed by atoms with Crippen molar-refractivity contribution in [3.8, 4) is 0 Å². The zero-order valence-corrected chi connectivity index (χ0v) is 10.8. The van der Waals surface area contributed by atoms with E-state index in [0.717, 1.165) is 5.56 Å². The highest BCUT2D eigenvalue weighted by Crippen LogP contribution is 2.30. The Balaban J connectivity index is 2.84. The Morgan fingerprint density at radius 1 is 1.29 bits per heavy atom. The maximum Gasteiger partial charge on any atom is 0.168 e. The Hall–Kier alpha value is -1.65. The van der Waals surface area contributed by atoms with E-state index in [2.05, 4.69) is 10.1 Å². The molecule has 0 spiro atoms. The normalized spacial score (nSPS) is 12.1. The van der Waals surface area contributed by atoms with Gasteiger partial charge in [-0.3, -0.25) is 0 Å². The molecule has 0 bridgehead atoms. The molecule has 2 aromatic heterocycles. The highest BCUT2D eigenvalue weighted by atomic mass is 19.1. The van der Waals surface area contributed by atoms with Gasteiger partial charge in [-0.25, -0.2) is 9.37 Å². The van der Waals surface area contributed by atoms with Crippen LogP contribution in [0.15, 0.2) is 12.4 Å². The van der Waals surface area contributed by atoms with Crippen LogP contribution in [0.25, 0.3) is 5.65 Å². The molecule has 0 fully saturated rings. The molecule has 0 radical (unpaired) electrons. The average molecular weight is 236 g/mol. The fourth-order valence-electron chi connectivity index (χ4n) is 1.89. The lowest BCUT2D eigenvalue weighted by atomic mass is 9.87. The first-order valence-electron chi connectivity index (χ1n) is 5.52. The molecule has 2 heterocycles. The van der Waals surface area contributed by atoms with Crippen LogP contribution < -0.4 is 4.90 Å². The molecule has 0 aromatic carbocycles. The molecule has 0 aliphatic heterocycles. The lowest BCUT2D eigenvalue weighted by Crippen LogP contribution is -2.20. The zero-order valence-electron chi connectivity index (χ0n) is 10.8. The minimum absolute atomic E-state index is 0.167. The summed E-state index contributed by atoms with van der Waals surface area (Å²) in [5.41, 5.74) is 1.40. The topological polar surface area (TPSA) is 33.4 Å². The summed E-state index contributed by atoms with van der Waals surface area (Å²) >= 11 is 0. The van der Waals surface area contributed by atoms with Gasteiger partial charge < -0.3 is 4.90 Å². The molecule has 0 saturated heterocycles. The number of nitrogens with zero attached hydrogens (tertiary/aromatic N) is 4. The van der Waals surface area contributed by atoms with Gasteiger partial charge in [-0.2, -0.15) is 9.61 Å². The molecule has 4 nitrogen and oxygen atoms in total. The number of aromatic nitrogens is 3. The molecule has 0 atom stereocenters. The molecular formula is C12H17FN4. The second-order valence-corrected chi connectivity index (χ2v) is 5.37. The van der Waals surface area contributed by atoms with Gasteiger partial charge >= 0.3 is 0 Å². The van der Waals surface area contributed by atoms with E-state index >= 15 is 0 Å². The minimum Gasteiger partial charge on any atom is -0.360 e. The van der Waals surface area contributed by atoms with Gasteiger partial charge in [0.1, 0.15) is 6.33 Å². The van der Waals surface area contributed by atoms with Crippen molar-refractivity contribution in [2.75, 3.05) is 19.0 Å². The summed E-state index contributed by atoms with van der Waals surface area (Å²) in [6.45, 7) is 6.10. The largest absolute Gasteiger partial charge is 0.360 e. The first-order chi connectivity index (χ1) is 7.82. The van der Waals surface area contributed by atoms with Crippen LogP contribution in [-0.4, -0.2) is 28.7 Å². The SMILES string of the molecule is CN(C)c1c(F)cc(C(C)(C)C)c2ncnn12. The quantitative estimate of drug-likeness (QED) is 0.761. The molecular weight excluding hydrogens is 219 g/mol. The van der Waals surface area contributed by atoms with E-state index in [-0.39, 0.29) is 11.2 Å². The zero-order chi connectivity index (χ0) is 12.8. The molecule has 0 saturated carbocycles. The van der Waals surface area contributed by atoms with Crippen LogP contribution in [0, 0.1) is 5.82 Å². The van der Waals surface area contributed by atoms with E-state index in [4.69, 9.17) is 0 Å².